The summed E-state index contributed by atoms with van der Waals surface area (Å²) in [6.45, 7) is 5.35. The molecule has 100 valence electrons. The van der Waals surface area contributed by atoms with E-state index in [1.165, 1.54) is 24.8 Å². The second kappa shape index (κ2) is 6.08. The van der Waals surface area contributed by atoms with Crippen molar-refractivity contribution in [2.45, 2.75) is 58.0 Å². The number of aryl methyl sites for hydroxylation is 2. The molecule has 1 aliphatic carbocycles. The fourth-order valence-electron chi connectivity index (χ4n) is 2.76. The van der Waals surface area contributed by atoms with Crippen molar-refractivity contribution < 1.29 is 0 Å². The minimum atomic E-state index is 0.0978. The van der Waals surface area contributed by atoms with Crippen LogP contribution in [0.5, 0.6) is 0 Å². The Morgan fingerprint density at radius 2 is 1.89 bits per heavy atom. The lowest BCUT2D eigenvalue weighted by Gasteiger charge is -2.31. The van der Waals surface area contributed by atoms with Gasteiger partial charge in [-0.1, -0.05) is 32.0 Å². The van der Waals surface area contributed by atoms with Crippen LogP contribution in [-0.2, 0) is 19.4 Å². The van der Waals surface area contributed by atoms with Crippen molar-refractivity contribution in [1.82, 2.24) is 5.32 Å². The maximum atomic E-state index is 6.12. The molecule has 0 saturated carbocycles. The van der Waals surface area contributed by atoms with E-state index in [4.69, 9.17) is 11.6 Å². The van der Waals surface area contributed by atoms with Gasteiger partial charge in [0.05, 0.1) is 0 Å². The maximum absolute atomic E-state index is 6.12. The maximum Gasteiger partial charge on any atom is 0.0405 e. The van der Waals surface area contributed by atoms with Crippen LogP contribution in [-0.4, -0.2) is 11.4 Å². The lowest BCUT2D eigenvalue weighted by atomic mass is 9.94. The normalized spacial score (nSPS) is 14.8. The molecule has 0 bridgehead atoms. The molecule has 2 heteroatoms. The van der Waals surface area contributed by atoms with Crippen molar-refractivity contribution in [2.75, 3.05) is 5.88 Å². The summed E-state index contributed by atoms with van der Waals surface area (Å²) in [7, 11) is 0. The minimum absolute atomic E-state index is 0.0978. The van der Waals surface area contributed by atoms with Crippen molar-refractivity contribution in [3.8, 4) is 0 Å². The van der Waals surface area contributed by atoms with Crippen LogP contribution in [0.4, 0.5) is 0 Å². The monoisotopic (exact) mass is 265 g/mol. The van der Waals surface area contributed by atoms with Crippen LogP contribution < -0.4 is 5.32 Å². The van der Waals surface area contributed by atoms with Gasteiger partial charge in [-0.05, 0) is 48.8 Å². The summed E-state index contributed by atoms with van der Waals surface area (Å²) in [5.74, 6) is 0.685. The highest BCUT2D eigenvalue weighted by Crippen LogP contribution is 2.23. The van der Waals surface area contributed by atoms with Crippen LogP contribution in [0.2, 0.25) is 0 Å². The van der Waals surface area contributed by atoms with Crippen LogP contribution in [0.3, 0.4) is 0 Å². The highest BCUT2D eigenvalue weighted by molar-refractivity contribution is 6.18. The lowest BCUT2D eigenvalue weighted by molar-refractivity contribution is 0.334. The molecule has 1 aromatic rings. The van der Waals surface area contributed by atoms with Gasteiger partial charge in [0.1, 0.15) is 0 Å². The molecule has 0 saturated heterocycles. The van der Waals surface area contributed by atoms with Crippen LogP contribution >= 0.6 is 11.6 Å². The van der Waals surface area contributed by atoms with E-state index < -0.39 is 0 Å². The molecule has 0 aromatic heterocycles. The zero-order valence-electron chi connectivity index (χ0n) is 11.6. The zero-order chi connectivity index (χ0) is 13.0. The van der Waals surface area contributed by atoms with E-state index in [0.717, 1.165) is 19.4 Å². The summed E-state index contributed by atoms with van der Waals surface area (Å²) in [6.07, 6.45) is 6.00. The van der Waals surface area contributed by atoms with Gasteiger partial charge in [0, 0.05) is 18.0 Å². The predicted molar refractivity (Wildman–Crippen MR) is 79.3 cm³/mol. The summed E-state index contributed by atoms with van der Waals surface area (Å²) in [6, 6.07) is 6.95. The molecule has 0 heterocycles. The van der Waals surface area contributed by atoms with Crippen LogP contribution in [0.15, 0.2) is 18.2 Å². The number of nitrogens with one attached hydrogen (secondary N) is 1. The molecular weight excluding hydrogens is 242 g/mol. The number of hydrogen-bond acceptors (Lipinski definition) is 1. The Morgan fingerprint density at radius 3 is 2.56 bits per heavy atom. The van der Waals surface area contributed by atoms with Gasteiger partial charge in [0.2, 0.25) is 0 Å². The van der Waals surface area contributed by atoms with E-state index in [0.29, 0.717) is 5.88 Å². The Hall–Kier alpha value is -0.530. The SMILES string of the molecule is CCC(CC)(CCl)NCc1ccc2c(c1)CCC2. The van der Waals surface area contributed by atoms with Gasteiger partial charge in [0.25, 0.3) is 0 Å². The van der Waals surface area contributed by atoms with Crippen LogP contribution in [0, 0.1) is 0 Å². The first-order valence-electron chi connectivity index (χ1n) is 7.14. The number of rotatable bonds is 6. The minimum Gasteiger partial charge on any atom is -0.306 e. The van der Waals surface area contributed by atoms with Crippen molar-refractivity contribution in [1.29, 1.82) is 0 Å². The molecule has 18 heavy (non-hydrogen) atoms. The third-order valence-electron chi connectivity index (χ3n) is 4.44. The van der Waals surface area contributed by atoms with Gasteiger partial charge < -0.3 is 5.32 Å². The van der Waals surface area contributed by atoms with Gasteiger partial charge in [-0.3, -0.25) is 0 Å². The van der Waals surface area contributed by atoms with Gasteiger partial charge in [0.15, 0.2) is 0 Å². The number of hydrogen-bond donors (Lipinski definition) is 1. The van der Waals surface area contributed by atoms with Gasteiger partial charge >= 0.3 is 0 Å². The Balaban J connectivity index is 2.01. The number of fused-ring (bicyclic) bond motifs is 1. The molecule has 2 rings (SSSR count). The van der Waals surface area contributed by atoms with Crippen molar-refractivity contribution >= 4 is 11.6 Å². The van der Waals surface area contributed by atoms with Crippen molar-refractivity contribution in [3.63, 3.8) is 0 Å². The van der Waals surface area contributed by atoms with Gasteiger partial charge in [-0.2, -0.15) is 0 Å². The first-order chi connectivity index (χ1) is 8.73. The third-order valence-corrected chi connectivity index (χ3v) is 4.95. The molecule has 0 aliphatic heterocycles. The fourth-order valence-corrected chi connectivity index (χ4v) is 3.23. The van der Waals surface area contributed by atoms with Gasteiger partial charge in [-0.25, -0.2) is 0 Å². The van der Waals surface area contributed by atoms with E-state index in [9.17, 15) is 0 Å². The predicted octanol–water partition coefficient (Wildman–Crippen LogP) is 4.06. The zero-order valence-corrected chi connectivity index (χ0v) is 12.3. The quantitative estimate of drug-likeness (QED) is 0.765. The summed E-state index contributed by atoms with van der Waals surface area (Å²) >= 11 is 6.12. The Morgan fingerprint density at radius 1 is 1.17 bits per heavy atom. The van der Waals surface area contributed by atoms with Gasteiger partial charge in [-0.15, -0.1) is 11.6 Å². The third kappa shape index (κ3) is 2.89. The molecule has 0 spiro atoms. The molecule has 0 atom stereocenters. The smallest absolute Gasteiger partial charge is 0.0405 e. The highest BCUT2D eigenvalue weighted by Gasteiger charge is 2.24. The number of halogens is 1. The first-order valence-corrected chi connectivity index (χ1v) is 7.68. The Labute approximate surface area is 116 Å². The topological polar surface area (TPSA) is 12.0 Å². The summed E-state index contributed by atoms with van der Waals surface area (Å²) in [4.78, 5) is 0. The molecule has 1 aliphatic rings. The Bertz CT molecular complexity index is 388. The molecule has 1 N–H and O–H groups in total. The van der Waals surface area contributed by atoms with E-state index in [1.54, 1.807) is 11.1 Å². The molecule has 0 unspecified atom stereocenters. The molecule has 1 nitrogen and oxygen atoms in total. The van der Waals surface area contributed by atoms with Crippen molar-refractivity contribution in [2.24, 2.45) is 0 Å². The molecular formula is C16H24ClN. The highest BCUT2D eigenvalue weighted by atomic mass is 35.5. The van der Waals surface area contributed by atoms with E-state index >= 15 is 0 Å². The lowest BCUT2D eigenvalue weighted by Crippen LogP contribution is -2.45. The van der Waals surface area contributed by atoms with E-state index in [2.05, 4.69) is 37.4 Å². The summed E-state index contributed by atoms with van der Waals surface area (Å²) in [5, 5.41) is 3.66. The number of alkyl halides is 1. The second-order valence-electron chi connectivity index (χ2n) is 5.43. The Kier molecular flexibility index (Phi) is 4.69. The van der Waals surface area contributed by atoms with Crippen LogP contribution in [0.25, 0.3) is 0 Å². The molecule has 0 fully saturated rings. The second-order valence-corrected chi connectivity index (χ2v) is 5.70. The first kappa shape index (κ1) is 13.9. The van der Waals surface area contributed by atoms with Crippen LogP contribution in [0.1, 0.15) is 49.8 Å². The average Bonchev–Trinajstić information content (AvgIpc) is 2.88. The largest absolute Gasteiger partial charge is 0.306 e. The van der Waals surface area contributed by atoms with E-state index in [-0.39, 0.29) is 5.54 Å². The molecule has 1 aromatic carbocycles. The van der Waals surface area contributed by atoms with E-state index in [1.807, 2.05) is 0 Å². The fraction of sp³-hybridized carbons (Fsp3) is 0.625. The summed E-state index contributed by atoms with van der Waals surface area (Å²) in [5.41, 5.74) is 4.60. The molecule has 0 amide bonds. The van der Waals surface area contributed by atoms with Crippen molar-refractivity contribution in [3.05, 3.63) is 34.9 Å². The standard InChI is InChI=1S/C16H24ClN/c1-3-16(4-2,12-17)18-11-13-8-9-14-6-5-7-15(14)10-13/h8-10,18H,3-7,11-12H2,1-2H3. The summed E-state index contributed by atoms with van der Waals surface area (Å²) < 4.78 is 0. The number of benzene rings is 1. The average molecular weight is 266 g/mol. The molecule has 0 radical (unpaired) electrons.